The van der Waals surface area contributed by atoms with Crippen LogP contribution in [0.25, 0.3) is 0 Å². The number of anilines is 1. The molecular formula is C9H9NO4. The number of rotatable bonds is 3. The Morgan fingerprint density at radius 1 is 1.50 bits per heavy atom. The minimum absolute atomic E-state index is 0.00542. The molecule has 0 aliphatic carbocycles. The van der Waals surface area contributed by atoms with Gasteiger partial charge in [-0.15, -0.1) is 0 Å². The highest BCUT2D eigenvalue weighted by molar-refractivity contribution is 5.81. The molecule has 0 saturated carbocycles. The van der Waals surface area contributed by atoms with Crippen LogP contribution in [0.3, 0.4) is 0 Å². The number of phenolic OH excluding ortho intramolecular Hbond substituents is 1. The first-order valence-corrected chi connectivity index (χ1v) is 3.83. The van der Waals surface area contributed by atoms with Crippen molar-refractivity contribution < 1.29 is 19.8 Å². The monoisotopic (exact) mass is 195 g/mol. The fourth-order valence-corrected chi connectivity index (χ4v) is 1.11. The second-order valence-electron chi connectivity index (χ2n) is 2.81. The van der Waals surface area contributed by atoms with Crippen molar-refractivity contribution in [2.24, 2.45) is 0 Å². The van der Waals surface area contributed by atoms with Crippen LogP contribution < -0.4 is 5.73 Å². The van der Waals surface area contributed by atoms with Crippen molar-refractivity contribution in [3.05, 3.63) is 23.3 Å². The first-order chi connectivity index (χ1) is 6.54. The second kappa shape index (κ2) is 3.78. The molecule has 0 amide bonds. The van der Waals surface area contributed by atoms with Gasteiger partial charge in [0.15, 0.2) is 0 Å². The van der Waals surface area contributed by atoms with Crippen LogP contribution in [0, 0.1) is 0 Å². The number of phenols is 1. The van der Waals surface area contributed by atoms with Crippen LogP contribution in [0.15, 0.2) is 12.1 Å². The summed E-state index contributed by atoms with van der Waals surface area (Å²) in [5, 5.41) is 17.9. The number of aromatic hydroxyl groups is 1. The molecule has 4 N–H and O–H groups in total. The number of aliphatic carboxylic acids is 1. The molecule has 1 aromatic carbocycles. The van der Waals surface area contributed by atoms with Gasteiger partial charge in [0, 0.05) is 11.1 Å². The zero-order valence-corrected chi connectivity index (χ0v) is 7.23. The number of nitrogen functional groups attached to an aromatic ring is 1. The predicted molar refractivity (Wildman–Crippen MR) is 49.2 cm³/mol. The summed E-state index contributed by atoms with van der Waals surface area (Å²) in [5.74, 6) is -1.37. The fourth-order valence-electron chi connectivity index (χ4n) is 1.11. The van der Waals surface area contributed by atoms with Gasteiger partial charge in [-0.25, -0.2) is 0 Å². The first-order valence-electron chi connectivity index (χ1n) is 3.83. The molecule has 74 valence electrons. The number of carbonyl (C=O) groups excluding carboxylic acids is 1. The van der Waals surface area contributed by atoms with Crippen molar-refractivity contribution in [2.45, 2.75) is 6.42 Å². The van der Waals surface area contributed by atoms with Crippen molar-refractivity contribution in [2.75, 3.05) is 5.73 Å². The third-order valence-electron chi connectivity index (χ3n) is 1.72. The van der Waals surface area contributed by atoms with Crippen LogP contribution in [-0.4, -0.2) is 22.5 Å². The van der Waals surface area contributed by atoms with Gasteiger partial charge in [0.2, 0.25) is 0 Å². The van der Waals surface area contributed by atoms with Gasteiger partial charge in [0.05, 0.1) is 12.1 Å². The lowest BCUT2D eigenvalue weighted by Gasteiger charge is -2.05. The van der Waals surface area contributed by atoms with Crippen molar-refractivity contribution >= 4 is 17.9 Å². The summed E-state index contributed by atoms with van der Waals surface area (Å²) in [5.41, 5.74) is 5.76. The molecular weight excluding hydrogens is 186 g/mol. The van der Waals surface area contributed by atoms with Gasteiger partial charge < -0.3 is 15.9 Å². The van der Waals surface area contributed by atoms with E-state index in [4.69, 9.17) is 10.8 Å². The van der Waals surface area contributed by atoms with Crippen LogP contribution in [0.5, 0.6) is 5.75 Å². The van der Waals surface area contributed by atoms with E-state index < -0.39 is 5.97 Å². The predicted octanol–water partition coefficient (Wildman–Crippen LogP) is 0.414. The number of benzene rings is 1. The summed E-state index contributed by atoms with van der Waals surface area (Å²) in [6.07, 6.45) is 0.179. The molecule has 0 saturated heterocycles. The maximum atomic E-state index is 10.4. The number of aldehydes is 1. The van der Waals surface area contributed by atoms with Gasteiger partial charge in [0.1, 0.15) is 12.0 Å². The fraction of sp³-hybridized carbons (Fsp3) is 0.111. The minimum Gasteiger partial charge on any atom is -0.505 e. The largest absolute Gasteiger partial charge is 0.505 e. The second-order valence-corrected chi connectivity index (χ2v) is 2.81. The average Bonchev–Trinajstić information content (AvgIpc) is 2.11. The molecule has 0 aromatic heterocycles. The summed E-state index contributed by atoms with van der Waals surface area (Å²) in [6, 6.07) is 2.58. The Balaban J connectivity index is 3.19. The van der Waals surface area contributed by atoms with Crippen molar-refractivity contribution in [3.63, 3.8) is 0 Å². The molecule has 0 heterocycles. The number of carbonyl (C=O) groups is 2. The maximum Gasteiger partial charge on any atom is 0.307 e. The molecule has 0 aliphatic heterocycles. The van der Waals surface area contributed by atoms with E-state index in [0.717, 1.165) is 0 Å². The summed E-state index contributed by atoms with van der Waals surface area (Å²) in [7, 11) is 0. The van der Waals surface area contributed by atoms with Crippen molar-refractivity contribution in [1.82, 2.24) is 0 Å². The van der Waals surface area contributed by atoms with Gasteiger partial charge in [-0.3, -0.25) is 9.59 Å². The standard InChI is InChI=1S/C9H9NO4/c10-7-2-5(4-11)1-6(9(7)14)3-8(12)13/h1-2,4,14H,3,10H2,(H,12,13). The van der Waals surface area contributed by atoms with Crippen molar-refractivity contribution in [1.29, 1.82) is 0 Å². The van der Waals surface area contributed by atoms with Crippen LogP contribution in [0.2, 0.25) is 0 Å². The van der Waals surface area contributed by atoms with E-state index in [0.29, 0.717) is 6.29 Å². The molecule has 0 radical (unpaired) electrons. The number of carboxylic acids is 1. The van der Waals surface area contributed by atoms with E-state index in [2.05, 4.69) is 0 Å². The number of hydrogen-bond acceptors (Lipinski definition) is 4. The zero-order valence-electron chi connectivity index (χ0n) is 7.23. The molecule has 0 atom stereocenters. The maximum absolute atomic E-state index is 10.4. The molecule has 0 spiro atoms. The minimum atomic E-state index is -1.09. The third kappa shape index (κ3) is 2.01. The molecule has 5 heteroatoms. The molecule has 0 fully saturated rings. The van der Waals surface area contributed by atoms with Crippen LogP contribution in [-0.2, 0) is 11.2 Å². The Bertz CT molecular complexity index is 387. The van der Waals surface area contributed by atoms with E-state index in [1.54, 1.807) is 0 Å². The highest BCUT2D eigenvalue weighted by Crippen LogP contribution is 2.26. The van der Waals surface area contributed by atoms with Crippen LogP contribution in [0.1, 0.15) is 15.9 Å². The van der Waals surface area contributed by atoms with E-state index in [-0.39, 0.29) is 29.0 Å². The van der Waals surface area contributed by atoms with Crippen molar-refractivity contribution in [3.8, 4) is 5.75 Å². The first kappa shape index (κ1) is 10.0. The van der Waals surface area contributed by atoms with Gasteiger partial charge in [-0.05, 0) is 12.1 Å². The van der Waals surface area contributed by atoms with Gasteiger partial charge in [-0.1, -0.05) is 0 Å². The summed E-state index contributed by atoms with van der Waals surface area (Å²) in [4.78, 5) is 20.8. The lowest BCUT2D eigenvalue weighted by molar-refractivity contribution is -0.136. The van der Waals surface area contributed by atoms with Gasteiger partial charge in [0.25, 0.3) is 0 Å². The zero-order chi connectivity index (χ0) is 10.7. The quantitative estimate of drug-likeness (QED) is 0.368. The van der Waals surface area contributed by atoms with E-state index in [9.17, 15) is 14.7 Å². The molecule has 0 aliphatic rings. The number of hydrogen-bond donors (Lipinski definition) is 3. The molecule has 1 rings (SSSR count). The summed E-state index contributed by atoms with van der Waals surface area (Å²) in [6.45, 7) is 0. The highest BCUT2D eigenvalue weighted by atomic mass is 16.4. The smallest absolute Gasteiger partial charge is 0.307 e. The van der Waals surface area contributed by atoms with Gasteiger partial charge in [-0.2, -0.15) is 0 Å². The number of carboxylic acid groups (broad SMARTS) is 1. The Morgan fingerprint density at radius 3 is 2.64 bits per heavy atom. The summed E-state index contributed by atoms with van der Waals surface area (Å²) >= 11 is 0. The van der Waals surface area contributed by atoms with Crippen LogP contribution >= 0.6 is 0 Å². The Morgan fingerprint density at radius 2 is 2.14 bits per heavy atom. The summed E-state index contributed by atoms with van der Waals surface area (Å²) < 4.78 is 0. The molecule has 14 heavy (non-hydrogen) atoms. The topological polar surface area (TPSA) is 101 Å². The average molecular weight is 195 g/mol. The van der Waals surface area contributed by atoms with E-state index in [1.807, 2.05) is 0 Å². The SMILES string of the molecule is Nc1cc(C=O)cc(CC(=O)O)c1O. The molecule has 1 aromatic rings. The lowest BCUT2D eigenvalue weighted by atomic mass is 10.1. The molecule has 0 unspecified atom stereocenters. The number of nitrogens with two attached hydrogens (primary N) is 1. The molecule has 5 nitrogen and oxygen atoms in total. The highest BCUT2D eigenvalue weighted by Gasteiger charge is 2.10. The van der Waals surface area contributed by atoms with Gasteiger partial charge >= 0.3 is 5.97 Å². The van der Waals surface area contributed by atoms with E-state index >= 15 is 0 Å². The Kier molecular flexibility index (Phi) is 2.71. The third-order valence-corrected chi connectivity index (χ3v) is 1.72. The lowest BCUT2D eigenvalue weighted by Crippen LogP contribution is -2.02. The molecule has 0 bridgehead atoms. The Labute approximate surface area is 79.8 Å². The normalized spacial score (nSPS) is 9.71. The Hall–Kier alpha value is -2.04. The van der Waals surface area contributed by atoms with E-state index in [1.165, 1.54) is 12.1 Å². The van der Waals surface area contributed by atoms with Crippen LogP contribution in [0.4, 0.5) is 5.69 Å².